The largest absolute Gasteiger partial charge is 0.399 e. The van der Waals surface area contributed by atoms with Gasteiger partial charge in [0.05, 0.1) is 10.2 Å². The van der Waals surface area contributed by atoms with Crippen molar-refractivity contribution in [3.63, 3.8) is 0 Å². The van der Waals surface area contributed by atoms with Crippen LogP contribution in [0.5, 0.6) is 0 Å². The summed E-state index contributed by atoms with van der Waals surface area (Å²) in [7, 11) is 0. The summed E-state index contributed by atoms with van der Waals surface area (Å²) < 4.78 is 2.25. The third-order valence-corrected chi connectivity index (χ3v) is 4.45. The fourth-order valence-corrected chi connectivity index (χ4v) is 3.12. The molecule has 1 heterocycles. The molecule has 0 atom stereocenters. The van der Waals surface area contributed by atoms with Gasteiger partial charge < -0.3 is 5.73 Å². The maximum Gasteiger partial charge on any atom is 0.124 e. The highest BCUT2D eigenvalue weighted by molar-refractivity contribution is 9.10. The molecule has 4 heteroatoms. The molecule has 18 heavy (non-hydrogen) atoms. The van der Waals surface area contributed by atoms with Crippen LogP contribution in [0.25, 0.3) is 20.8 Å². The highest BCUT2D eigenvalue weighted by atomic mass is 79.9. The molecular formula is C14H11BrN2S. The van der Waals surface area contributed by atoms with Crippen molar-refractivity contribution in [3.8, 4) is 10.6 Å². The molecule has 0 saturated carbocycles. The van der Waals surface area contributed by atoms with E-state index >= 15 is 0 Å². The zero-order valence-electron chi connectivity index (χ0n) is 9.77. The molecule has 0 aliphatic rings. The van der Waals surface area contributed by atoms with Crippen molar-refractivity contribution < 1.29 is 0 Å². The van der Waals surface area contributed by atoms with Gasteiger partial charge in [-0.25, -0.2) is 4.98 Å². The molecule has 0 fully saturated rings. The average molecular weight is 319 g/mol. The van der Waals surface area contributed by atoms with Crippen LogP contribution in [0, 0.1) is 6.92 Å². The smallest absolute Gasteiger partial charge is 0.124 e. The fraction of sp³-hybridized carbons (Fsp3) is 0.0714. The molecule has 2 aromatic carbocycles. The van der Waals surface area contributed by atoms with E-state index in [0.29, 0.717) is 0 Å². The molecule has 0 spiro atoms. The lowest BCUT2D eigenvalue weighted by atomic mass is 10.1. The van der Waals surface area contributed by atoms with Crippen LogP contribution in [0.4, 0.5) is 5.69 Å². The van der Waals surface area contributed by atoms with Crippen molar-refractivity contribution in [2.75, 3.05) is 5.73 Å². The first-order valence-electron chi connectivity index (χ1n) is 5.56. The highest BCUT2D eigenvalue weighted by Crippen LogP contribution is 2.32. The molecular weight excluding hydrogens is 308 g/mol. The van der Waals surface area contributed by atoms with Crippen molar-refractivity contribution in [1.29, 1.82) is 0 Å². The van der Waals surface area contributed by atoms with E-state index in [1.165, 1.54) is 4.70 Å². The molecule has 0 aliphatic heterocycles. The van der Waals surface area contributed by atoms with Gasteiger partial charge in [-0.1, -0.05) is 15.9 Å². The SMILES string of the molecule is Cc1cc(-c2nc3cc(Br)ccc3s2)ccc1N. The van der Waals surface area contributed by atoms with E-state index in [-0.39, 0.29) is 0 Å². The average Bonchev–Trinajstić information content (AvgIpc) is 2.75. The van der Waals surface area contributed by atoms with Gasteiger partial charge in [0.2, 0.25) is 0 Å². The third kappa shape index (κ3) is 2.02. The summed E-state index contributed by atoms with van der Waals surface area (Å²) in [6.45, 7) is 2.02. The Morgan fingerprint density at radius 2 is 2.00 bits per heavy atom. The minimum Gasteiger partial charge on any atom is -0.399 e. The Bertz CT molecular complexity index is 734. The number of anilines is 1. The van der Waals surface area contributed by atoms with Crippen LogP contribution in [0.1, 0.15) is 5.56 Å². The Hall–Kier alpha value is -1.39. The Labute approximate surface area is 118 Å². The number of nitrogens with zero attached hydrogens (tertiary/aromatic N) is 1. The maximum atomic E-state index is 5.84. The maximum absolute atomic E-state index is 5.84. The molecule has 0 amide bonds. The quantitative estimate of drug-likeness (QED) is 0.665. The van der Waals surface area contributed by atoms with Gasteiger partial charge in [0.1, 0.15) is 5.01 Å². The number of fused-ring (bicyclic) bond motifs is 1. The van der Waals surface area contributed by atoms with E-state index in [2.05, 4.69) is 33.0 Å². The number of aromatic nitrogens is 1. The van der Waals surface area contributed by atoms with Crippen molar-refractivity contribution >= 4 is 43.2 Å². The summed E-state index contributed by atoms with van der Waals surface area (Å²) in [6, 6.07) is 12.2. The molecule has 3 aromatic rings. The summed E-state index contributed by atoms with van der Waals surface area (Å²) in [5, 5.41) is 1.03. The van der Waals surface area contributed by atoms with Gasteiger partial charge in [-0.15, -0.1) is 11.3 Å². The Morgan fingerprint density at radius 1 is 1.17 bits per heavy atom. The number of halogens is 1. The van der Waals surface area contributed by atoms with Crippen molar-refractivity contribution in [1.82, 2.24) is 4.98 Å². The van der Waals surface area contributed by atoms with Gasteiger partial charge in [-0.05, 0) is 48.9 Å². The van der Waals surface area contributed by atoms with Gasteiger partial charge in [0.15, 0.2) is 0 Å². The first-order chi connectivity index (χ1) is 8.63. The predicted octanol–water partition coefficient (Wildman–Crippen LogP) is 4.62. The summed E-state index contributed by atoms with van der Waals surface area (Å²) in [4.78, 5) is 4.66. The number of nitrogen functional groups attached to an aromatic ring is 1. The topological polar surface area (TPSA) is 38.9 Å². The van der Waals surface area contributed by atoms with E-state index in [0.717, 1.165) is 31.8 Å². The van der Waals surface area contributed by atoms with Crippen LogP contribution in [0.15, 0.2) is 40.9 Å². The van der Waals surface area contributed by atoms with Crippen molar-refractivity contribution in [2.24, 2.45) is 0 Å². The second-order valence-corrected chi connectivity index (χ2v) is 6.15. The van der Waals surface area contributed by atoms with E-state index in [4.69, 9.17) is 5.73 Å². The number of benzene rings is 2. The van der Waals surface area contributed by atoms with Gasteiger partial charge in [-0.3, -0.25) is 0 Å². The van der Waals surface area contributed by atoms with Crippen LogP contribution < -0.4 is 5.73 Å². The molecule has 90 valence electrons. The van der Waals surface area contributed by atoms with Gasteiger partial charge >= 0.3 is 0 Å². The van der Waals surface area contributed by atoms with Gasteiger partial charge in [-0.2, -0.15) is 0 Å². The zero-order chi connectivity index (χ0) is 12.7. The lowest BCUT2D eigenvalue weighted by Crippen LogP contribution is -1.89. The number of thiazole rings is 1. The number of aryl methyl sites for hydroxylation is 1. The van der Waals surface area contributed by atoms with Crippen LogP contribution in [-0.2, 0) is 0 Å². The molecule has 2 nitrogen and oxygen atoms in total. The number of nitrogens with two attached hydrogens (primary N) is 1. The molecule has 0 radical (unpaired) electrons. The molecule has 0 bridgehead atoms. The molecule has 2 N–H and O–H groups in total. The van der Waals surface area contributed by atoms with Crippen molar-refractivity contribution in [3.05, 3.63) is 46.4 Å². The van der Waals surface area contributed by atoms with Crippen LogP contribution in [0.2, 0.25) is 0 Å². The fourth-order valence-electron chi connectivity index (χ4n) is 1.83. The monoisotopic (exact) mass is 318 g/mol. The lowest BCUT2D eigenvalue weighted by molar-refractivity contribution is 1.43. The summed E-state index contributed by atoms with van der Waals surface area (Å²) in [6.07, 6.45) is 0. The van der Waals surface area contributed by atoms with Gasteiger partial charge in [0.25, 0.3) is 0 Å². The number of rotatable bonds is 1. The second kappa shape index (κ2) is 4.37. The summed E-state index contributed by atoms with van der Waals surface area (Å²) >= 11 is 5.17. The molecule has 0 saturated heterocycles. The minimum absolute atomic E-state index is 0.822. The van der Waals surface area contributed by atoms with Gasteiger partial charge in [0, 0.05) is 15.7 Å². The van der Waals surface area contributed by atoms with Crippen LogP contribution in [0.3, 0.4) is 0 Å². The first kappa shape index (κ1) is 11.7. The predicted molar refractivity (Wildman–Crippen MR) is 81.9 cm³/mol. The van der Waals surface area contributed by atoms with Crippen LogP contribution >= 0.6 is 27.3 Å². The molecule has 0 aliphatic carbocycles. The molecule has 1 aromatic heterocycles. The van der Waals surface area contributed by atoms with E-state index < -0.39 is 0 Å². The van der Waals surface area contributed by atoms with Crippen molar-refractivity contribution in [2.45, 2.75) is 6.92 Å². The summed E-state index contributed by atoms with van der Waals surface area (Å²) in [5.41, 5.74) is 9.90. The Balaban J connectivity index is 2.16. The minimum atomic E-state index is 0.822. The first-order valence-corrected chi connectivity index (χ1v) is 7.17. The van der Waals surface area contributed by atoms with E-state index in [1.54, 1.807) is 11.3 Å². The normalized spacial score (nSPS) is 11.0. The van der Waals surface area contributed by atoms with E-state index in [9.17, 15) is 0 Å². The Morgan fingerprint density at radius 3 is 2.78 bits per heavy atom. The van der Waals surface area contributed by atoms with E-state index in [1.807, 2.05) is 31.2 Å². The highest BCUT2D eigenvalue weighted by Gasteiger charge is 2.07. The lowest BCUT2D eigenvalue weighted by Gasteiger charge is -2.01. The second-order valence-electron chi connectivity index (χ2n) is 4.20. The number of hydrogen-bond donors (Lipinski definition) is 1. The Kier molecular flexibility index (Phi) is 2.84. The summed E-state index contributed by atoms with van der Waals surface area (Å²) in [5.74, 6) is 0. The number of hydrogen-bond acceptors (Lipinski definition) is 3. The standard InChI is InChI=1S/C14H11BrN2S/c1-8-6-9(2-4-11(8)16)14-17-12-7-10(15)3-5-13(12)18-14/h2-7H,16H2,1H3. The van der Waals surface area contributed by atoms with Crippen LogP contribution in [-0.4, -0.2) is 4.98 Å². The molecule has 0 unspecified atom stereocenters. The zero-order valence-corrected chi connectivity index (χ0v) is 12.2. The molecule has 3 rings (SSSR count). The third-order valence-electron chi connectivity index (χ3n) is 2.87.